The summed E-state index contributed by atoms with van der Waals surface area (Å²) in [5.74, 6) is 1.22. The Morgan fingerprint density at radius 3 is 3.00 bits per heavy atom. The lowest BCUT2D eigenvalue weighted by atomic mass is 10.1. The van der Waals surface area contributed by atoms with Crippen LogP contribution in [-0.4, -0.2) is 24.6 Å². The minimum atomic E-state index is -0.172. The summed E-state index contributed by atoms with van der Waals surface area (Å²) in [5.41, 5.74) is 0. The smallest absolute Gasteiger partial charge is 0.308 e. The maximum Gasteiger partial charge on any atom is 0.308 e. The van der Waals surface area contributed by atoms with Crippen LogP contribution < -0.4 is 5.32 Å². The van der Waals surface area contributed by atoms with Crippen molar-refractivity contribution >= 4 is 5.97 Å². The summed E-state index contributed by atoms with van der Waals surface area (Å²) in [6.07, 6.45) is 2.43. The van der Waals surface area contributed by atoms with E-state index in [0.29, 0.717) is 12.4 Å². The third-order valence-electron chi connectivity index (χ3n) is 2.30. The summed E-state index contributed by atoms with van der Waals surface area (Å²) in [6, 6.07) is 0. The van der Waals surface area contributed by atoms with Crippen LogP contribution >= 0.6 is 0 Å². The maximum absolute atomic E-state index is 11.1. The van der Waals surface area contributed by atoms with Gasteiger partial charge in [-0.1, -0.05) is 6.92 Å². The highest BCUT2D eigenvalue weighted by Gasteiger charge is 2.12. The normalized spacial score (nSPS) is 12.4. The number of nitrogens with zero attached hydrogens (tertiary/aromatic N) is 1. The fraction of sp³-hybridized carbons (Fsp3) is 0.636. The Morgan fingerprint density at radius 2 is 2.44 bits per heavy atom. The van der Waals surface area contributed by atoms with Gasteiger partial charge in [-0.05, 0) is 19.9 Å². The Bertz CT molecular complexity index is 336. The van der Waals surface area contributed by atoms with Crippen LogP contribution in [0, 0.1) is 12.8 Å². The van der Waals surface area contributed by atoms with E-state index in [2.05, 4.69) is 15.0 Å². The van der Waals surface area contributed by atoms with Crippen molar-refractivity contribution in [3.63, 3.8) is 0 Å². The maximum atomic E-state index is 11.1. The number of aryl methyl sites for hydroxylation is 1. The van der Waals surface area contributed by atoms with Crippen molar-refractivity contribution in [1.82, 2.24) is 10.3 Å². The lowest BCUT2D eigenvalue weighted by Gasteiger charge is -2.08. The van der Waals surface area contributed by atoms with Gasteiger partial charge in [-0.3, -0.25) is 4.79 Å². The third-order valence-corrected chi connectivity index (χ3v) is 2.30. The van der Waals surface area contributed by atoms with Gasteiger partial charge < -0.3 is 14.5 Å². The molecule has 1 N–H and O–H groups in total. The second-order valence-electron chi connectivity index (χ2n) is 3.75. The molecule has 0 aliphatic heterocycles. The van der Waals surface area contributed by atoms with Crippen LogP contribution in [0.5, 0.6) is 0 Å². The molecule has 0 amide bonds. The molecule has 0 aliphatic carbocycles. The summed E-state index contributed by atoms with van der Waals surface area (Å²) >= 11 is 0. The molecule has 90 valence electrons. The fourth-order valence-corrected chi connectivity index (χ4v) is 1.32. The van der Waals surface area contributed by atoms with E-state index in [-0.39, 0.29) is 11.9 Å². The molecule has 0 aromatic carbocycles. The summed E-state index contributed by atoms with van der Waals surface area (Å²) in [6.45, 7) is 5.03. The molecule has 1 aromatic rings. The van der Waals surface area contributed by atoms with Crippen molar-refractivity contribution in [2.75, 3.05) is 13.7 Å². The zero-order valence-corrected chi connectivity index (χ0v) is 9.95. The Balaban J connectivity index is 2.14. The first-order valence-electron chi connectivity index (χ1n) is 5.33. The first-order valence-corrected chi connectivity index (χ1v) is 5.33. The van der Waals surface area contributed by atoms with E-state index in [0.717, 1.165) is 18.7 Å². The van der Waals surface area contributed by atoms with Crippen molar-refractivity contribution in [1.29, 1.82) is 0 Å². The van der Waals surface area contributed by atoms with E-state index in [1.165, 1.54) is 7.11 Å². The zero-order chi connectivity index (χ0) is 12.0. The lowest BCUT2D eigenvalue weighted by Crippen LogP contribution is -2.21. The van der Waals surface area contributed by atoms with Gasteiger partial charge in [-0.2, -0.15) is 0 Å². The highest BCUT2D eigenvalue weighted by molar-refractivity contribution is 5.71. The molecule has 0 saturated carbocycles. The van der Waals surface area contributed by atoms with Gasteiger partial charge in [0.05, 0.1) is 25.8 Å². The first kappa shape index (κ1) is 12.7. The molecule has 1 rings (SSSR count). The quantitative estimate of drug-likeness (QED) is 0.584. The third kappa shape index (κ3) is 4.02. The largest absolute Gasteiger partial charge is 0.469 e. The van der Waals surface area contributed by atoms with Crippen LogP contribution in [0.2, 0.25) is 0 Å². The molecule has 1 unspecified atom stereocenters. The van der Waals surface area contributed by atoms with Crippen LogP contribution in [-0.2, 0) is 16.1 Å². The molecule has 0 spiro atoms. The number of carbonyl (C=O) groups excluding carboxylic acids is 1. The Morgan fingerprint density at radius 1 is 1.69 bits per heavy atom. The van der Waals surface area contributed by atoms with E-state index in [1.54, 1.807) is 6.20 Å². The number of ether oxygens (including phenoxy) is 1. The number of nitrogens with one attached hydrogen (secondary N) is 1. The molecule has 1 atom stereocenters. The molecule has 5 heteroatoms. The van der Waals surface area contributed by atoms with Gasteiger partial charge in [0.25, 0.3) is 0 Å². The fourth-order valence-electron chi connectivity index (χ4n) is 1.32. The van der Waals surface area contributed by atoms with Gasteiger partial charge in [0.2, 0.25) is 5.89 Å². The van der Waals surface area contributed by atoms with E-state index in [4.69, 9.17) is 4.42 Å². The van der Waals surface area contributed by atoms with Crippen molar-refractivity contribution in [2.24, 2.45) is 5.92 Å². The number of oxazole rings is 1. The highest BCUT2D eigenvalue weighted by atomic mass is 16.5. The second-order valence-corrected chi connectivity index (χ2v) is 3.75. The summed E-state index contributed by atoms with van der Waals surface area (Å²) < 4.78 is 9.93. The summed E-state index contributed by atoms with van der Waals surface area (Å²) in [4.78, 5) is 15.2. The number of methoxy groups -OCH3 is 1. The SMILES string of the molecule is COC(=O)C(C)CCNCc1ncc(C)o1. The van der Waals surface area contributed by atoms with Crippen molar-refractivity contribution in [3.05, 3.63) is 17.8 Å². The van der Waals surface area contributed by atoms with Crippen molar-refractivity contribution in [3.8, 4) is 0 Å². The van der Waals surface area contributed by atoms with Gasteiger partial charge in [0.15, 0.2) is 0 Å². The number of carbonyl (C=O) groups is 1. The second kappa shape index (κ2) is 6.27. The highest BCUT2D eigenvalue weighted by Crippen LogP contribution is 2.04. The van der Waals surface area contributed by atoms with Crippen LogP contribution in [0.3, 0.4) is 0 Å². The minimum Gasteiger partial charge on any atom is -0.469 e. The molecule has 5 nitrogen and oxygen atoms in total. The first-order chi connectivity index (χ1) is 7.63. The van der Waals surface area contributed by atoms with E-state index < -0.39 is 0 Å². The van der Waals surface area contributed by atoms with Gasteiger partial charge >= 0.3 is 5.97 Å². The van der Waals surface area contributed by atoms with Gasteiger partial charge in [-0.15, -0.1) is 0 Å². The van der Waals surface area contributed by atoms with Gasteiger partial charge in [0, 0.05) is 0 Å². The van der Waals surface area contributed by atoms with E-state index >= 15 is 0 Å². The number of hydrogen-bond donors (Lipinski definition) is 1. The van der Waals surface area contributed by atoms with E-state index in [1.807, 2.05) is 13.8 Å². The molecule has 1 aromatic heterocycles. The average molecular weight is 226 g/mol. The van der Waals surface area contributed by atoms with Crippen LogP contribution in [0.25, 0.3) is 0 Å². The monoisotopic (exact) mass is 226 g/mol. The van der Waals surface area contributed by atoms with Crippen LogP contribution in [0.15, 0.2) is 10.6 Å². The molecular formula is C11H18N2O3. The molecule has 0 aliphatic rings. The van der Waals surface area contributed by atoms with Crippen LogP contribution in [0.4, 0.5) is 0 Å². The number of esters is 1. The summed E-state index contributed by atoms with van der Waals surface area (Å²) in [5, 5.41) is 3.16. The zero-order valence-electron chi connectivity index (χ0n) is 9.95. The molecule has 0 fully saturated rings. The molecule has 1 heterocycles. The van der Waals surface area contributed by atoms with Crippen LogP contribution in [0.1, 0.15) is 25.0 Å². The molecule has 0 bridgehead atoms. The molecule has 16 heavy (non-hydrogen) atoms. The molecule has 0 saturated heterocycles. The van der Waals surface area contributed by atoms with E-state index in [9.17, 15) is 4.79 Å². The number of rotatable bonds is 6. The van der Waals surface area contributed by atoms with Gasteiger partial charge in [0.1, 0.15) is 5.76 Å². The Kier molecular flexibility index (Phi) is 4.98. The van der Waals surface area contributed by atoms with Crippen molar-refractivity contribution < 1.29 is 13.9 Å². The predicted molar refractivity (Wildman–Crippen MR) is 58.7 cm³/mol. The number of aromatic nitrogens is 1. The average Bonchev–Trinajstić information content (AvgIpc) is 2.69. The molecular weight excluding hydrogens is 208 g/mol. The molecule has 0 radical (unpaired) electrons. The van der Waals surface area contributed by atoms with Gasteiger partial charge in [-0.25, -0.2) is 4.98 Å². The summed E-state index contributed by atoms with van der Waals surface area (Å²) in [7, 11) is 1.40. The lowest BCUT2D eigenvalue weighted by molar-refractivity contribution is -0.144. The topological polar surface area (TPSA) is 64.4 Å². The minimum absolute atomic E-state index is 0.0798. The Labute approximate surface area is 95.2 Å². The van der Waals surface area contributed by atoms with Crippen molar-refractivity contribution in [2.45, 2.75) is 26.8 Å². The predicted octanol–water partition coefficient (Wildman–Crippen LogP) is 1.27. The standard InChI is InChI=1S/C11H18N2O3/c1-8(11(14)15-3)4-5-12-7-10-13-6-9(2)16-10/h6,8,12H,4-5,7H2,1-3H3. The number of hydrogen-bond acceptors (Lipinski definition) is 5. The Hall–Kier alpha value is -1.36.